The van der Waals surface area contributed by atoms with Crippen molar-refractivity contribution in [3.8, 4) is 0 Å². The zero-order valence-electron chi connectivity index (χ0n) is 11.6. The van der Waals surface area contributed by atoms with Gasteiger partial charge >= 0.3 is 0 Å². The monoisotopic (exact) mass is 316 g/mol. The SMILES string of the molecule is C=CCN1C(=S)N=NC1C1CCCN(S(=O)(=O)CC)C1. The summed E-state index contributed by atoms with van der Waals surface area (Å²) < 4.78 is 25.6. The van der Waals surface area contributed by atoms with Gasteiger partial charge in [-0.15, -0.1) is 11.7 Å². The third-order valence-electron chi connectivity index (χ3n) is 3.75. The highest BCUT2D eigenvalue weighted by Crippen LogP contribution is 2.29. The average Bonchev–Trinajstić information content (AvgIpc) is 2.81. The first-order valence-electron chi connectivity index (χ1n) is 6.79. The first kappa shape index (κ1) is 15.5. The van der Waals surface area contributed by atoms with Crippen LogP contribution in [-0.4, -0.2) is 54.3 Å². The van der Waals surface area contributed by atoms with Crippen LogP contribution in [0.1, 0.15) is 19.8 Å². The van der Waals surface area contributed by atoms with Crippen molar-refractivity contribution in [1.29, 1.82) is 0 Å². The molecule has 1 fully saturated rings. The van der Waals surface area contributed by atoms with Crippen LogP contribution < -0.4 is 0 Å². The largest absolute Gasteiger partial charge is 0.318 e. The lowest BCUT2D eigenvalue weighted by Crippen LogP contribution is -2.48. The standard InChI is InChI=1S/C12H20N4O2S2/c1-3-7-16-11(13-14-12(16)19)10-6-5-8-15(9-10)20(17,18)4-2/h3,10-11H,1,4-9H2,2H3. The van der Waals surface area contributed by atoms with Crippen molar-refractivity contribution >= 4 is 27.4 Å². The molecular weight excluding hydrogens is 296 g/mol. The van der Waals surface area contributed by atoms with Gasteiger partial charge in [-0.3, -0.25) is 0 Å². The molecule has 0 spiro atoms. The number of piperidine rings is 1. The number of thiocarbonyl (C=S) groups is 1. The van der Waals surface area contributed by atoms with E-state index in [-0.39, 0.29) is 17.8 Å². The van der Waals surface area contributed by atoms with Crippen molar-refractivity contribution in [3.63, 3.8) is 0 Å². The Morgan fingerprint density at radius 3 is 2.95 bits per heavy atom. The molecule has 0 aromatic carbocycles. The molecule has 1 saturated heterocycles. The molecule has 112 valence electrons. The summed E-state index contributed by atoms with van der Waals surface area (Å²) in [5.41, 5.74) is 0. The number of nitrogens with zero attached hydrogens (tertiary/aromatic N) is 4. The molecule has 20 heavy (non-hydrogen) atoms. The van der Waals surface area contributed by atoms with Gasteiger partial charge in [0.25, 0.3) is 0 Å². The summed E-state index contributed by atoms with van der Waals surface area (Å²) in [7, 11) is -3.14. The van der Waals surface area contributed by atoms with E-state index in [4.69, 9.17) is 12.2 Å². The average molecular weight is 316 g/mol. The molecule has 0 saturated carbocycles. The number of rotatable bonds is 5. The highest BCUT2D eigenvalue weighted by atomic mass is 32.2. The summed E-state index contributed by atoms with van der Waals surface area (Å²) in [5, 5.41) is 8.65. The fourth-order valence-corrected chi connectivity index (χ4v) is 4.09. The number of sulfonamides is 1. The van der Waals surface area contributed by atoms with Crippen LogP contribution in [0.5, 0.6) is 0 Å². The zero-order chi connectivity index (χ0) is 14.8. The molecular formula is C12H20N4O2S2. The van der Waals surface area contributed by atoms with E-state index in [1.165, 1.54) is 0 Å². The van der Waals surface area contributed by atoms with E-state index >= 15 is 0 Å². The second-order valence-electron chi connectivity index (χ2n) is 5.01. The summed E-state index contributed by atoms with van der Waals surface area (Å²) in [6, 6.07) is 0. The number of hydrogen-bond acceptors (Lipinski definition) is 4. The lowest BCUT2D eigenvalue weighted by atomic mass is 9.96. The fourth-order valence-electron chi connectivity index (χ4n) is 2.67. The third kappa shape index (κ3) is 3.07. The maximum Gasteiger partial charge on any atom is 0.218 e. The Kier molecular flexibility index (Phi) is 4.87. The van der Waals surface area contributed by atoms with E-state index in [0.717, 1.165) is 12.8 Å². The minimum absolute atomic E-state index is 0.134. The third-order valence-corrected chi connectivity index (χ3v) is 5.92. The summed E-state index contributed by atoms with van der Waals surface area (Å²) in [4.78, 5) is 1.91. The first-order chi connectivity index (χ1) is 9.49. The Labute approximate surface area is 125 Å². The van der Waals surface area contributed by atoms with Gasteiger partial charge in [0.15, 0.2) is 0 Å². The molecule has 2 rings (SSSR count). The summed E-state index contributed by atoms with van der Waals surface area (Å²) in [6.07, 6.45) is 3.40. The summed E-state index contributed by atoms with van der Waals surface area (Å²) in [5.74, 6) is 0.273. The van der Waals surface area contributed by atoms with Gasteiger partial charge in [-0.05, 0) is 32.0 Å². The van der Waals surface area contributed by atoms with Crippen LogP contribution in [0.15, 0.2) is 22.9 Å². The van der Waals surface area contributed by atoms with Crippen LogP contribution in [0.3, 0.4) is 0 Å². The van der Waals surface area contributed by atoms with Crippen molar-refractivity contribution < 1.29 is 8.42 Å². The Balaban J connectivity index is 2.11. The molecule has 2 aliphatic heterocycles. The molecule has 2 unspecified atom stereocenters. The molecule has 0 aliphatic carbocycles. The lowest BCUT2D eigenvalue weighted by Gasteiger charge is -2.36. The van der Waals surface area contributed by atoms with E-state index in [0.29, 0.717) is 24.7 Å². The van der Waals surface area contributed by atoms with Crippen molar-refractivity contribution in [2.45, 2.75) is 25.9 Å². The van der Waals surface area contributed by atoms with E-state index in [1.807, 2.05) is 4.90 Å². The van der Waals surface area contributed by atoms with E-state index in [1.54, 1.807) is 17.3 Å². The number of azo groups is 1. The van der Waals surface area contributed by atoms with Gasteiger partial charge < -0.3 is 4.90 Å². The maximum atomic E-state index is 12.0. The van der Waals surface area contributed by atoms with E-state index in [2.05, 4.69) is 16.8 Å². The predicted molar refractivity (Wildman–Crippen MR) is 81.9 cm³/mol. The van der Waals surface area contributed by atoms with Gasteiger partial charge in [-0.2, -0.15) is 5.11 Å². The molecule has 0 aromatic heterocycles. The van der Waals surface area contributed by atoms with Crippen LogP contribution in [0.25, 0.3) is 0 Å². The minimum atomic E-state index is -3.14. The highest BCUT2D eigenvalue weighted by molar-refractivity contribution is 7.89. The van der Waals surface area contributed by atoms with Gasteiger partial charge in [0.1, 0.15) is 6.17 Å². The summed E-state index contributed by atoms with van der Waals surface area (Å²) in [6.45, 7) is 7.08. The van der Waals surface area contributed by atoms with Gasteiger partial charge in [0.05, 0.1) is 5.75 Å². The topological polar surface area (TPSA) is 65.3 Å². The second-order valence-corrected chi connectivity index (χ2v) is 7.64. The first-order valence-corrected chi connectivity index (χ1v) is 8.81. The quantitative estimate of drug-likeness (QED) is 0.571. The molecule has 0 amide bonds. The van der Waals surface area contributed by atoms with Crippen LogP contribution in [-0.2, 0) is 10.0 Å². The molecule has 0 aromatic rings. The molecule has 0 bridgehead atoms. The van der Waals surface area contributed by atoms with Gasteiger partial charge in [0, 0.05) is 25.6 Å². The van der Waals surface area contributed by atoms with E-state index in [9.17, 15) is 8.42 Å². The zero-order valence-corrected chi connectivity index (χ0v) is 13.2. The number of hydrogen-bond donors (Lipinski definition) is 0. The molecule has 2 aliphatic rings. The molecule has 8 heteroatoms. The Morgan fingerprint density at radius 1 is 1.55 bits per heavy atom. The highest BCUT2D eigenvalue weighted by Gasteiger charge is 2.37. The Hall–Kier alpha value is -0.860. The second kappa shape index (κ2) is 6.28. The maximum absolute atomic E-state index is 12.0. The fraction of sp³-hybridized carbons (Fsp3) is 0.750. The van der Waals surface area contributed by atoms with Gasteiger partial charge in [-0.25, -0.2) is 12.7 Å². The molecule has 6 nitrogen and oxygen atoms in total. The van der Waals surface area contributed by atoms with Crippen molar-refractivity contribution in [2.24, 2.45) is 16.1 Å². The summed E-state index contributed by atoms with van der Waals surface area (Å²) >= 11 is 5.16. The van der Waals surface area contributed by atoms with Crippen molar-refractivity contribution in [3.05, 3.63) is 12.7 Å². The normalized spacial score (nSPS) is 28.1. The van der Waals surface area contributed by atoms with Crippen LogP contribution in [0.4, 0.5) is 0 Å². The molecule has 2 heterocycles. The van der Waals surface area contributed by atoms with Crippen LogP contribution >= 0.6 is 12.2 Å². The van der Waals surface area contributed by atoms with Crippen LogP contribution in [0.2, 0.25) is 0 Å². The predicted octanol–water partition coefficient (Wildman–Crippen LogP) is 1.61. The minimum Gasteiger partial charge on any atom is -0.318 e. The molecule has 0 radical (unpaired) electrons. The van der Waals surface area contributed by atoms with Crippen LogP contribution in [0, 0.1) is 5.92 Å². The van der Waals surface area contributed by atoms with Gasteiger partial charge in [-0.1, -0.05) is 6.08 Å². The van der Waals surface area contributed by atoms with Crippen molar-refractivity contribution in [1.82, 2.24) is 9.21 Å². The molecule has 2 atom stereocenters. The lowest BCUT2D eigenvalue weighted by molar-refractivity contribution is 0.177. The Bertz CT molecular complexity index is 518. The van der Waals surface area contributed by atoms with E-state index < -0.39 is 10.0 Å². The van der Waals surface area contributed by atoms with Crippen molar-refractivity contribution in [2.75, 3.05) is 25.4 Å². The van der Waals surface area contributed by atoms with Gasteiger partial charge in [0.2, 0.25) is 15.1 Å². The Morgan fingerprint density at radius 2 is 2.30 bits per heavy atom. The molecule has 0 N–H and O–H groups in total. The smallest absolute Gasteiger partial charge is 0.218 e.